The van der Waals surface area contributed by atoms with Gasteiger partial charge in [-0.15, -0.1) is 0 Å². The maximum absolute atomic E-state index is 14.3. The Balaban J connectivity index is 0.000000552. The van der Waals surface area contributed by atoms with E-state index < -0.39 is 11.4 Å². The highest BCUT2D eigenvalue weighted by atomic mass is 19.1. The molecule has 2 aromatic rings. The number of hydrogen-bond acceptors (Lipinski definition) is 7. The summed E-state index contributed by atoms with van der Waals surface area (Å²) in [5.41, 5.74) is 0.613. The molecule has 1 aliphatic heterocycles. The lowest BCUT2D eigenvalue weighted by atomic mass is 9.90. The summed E-state index contributed by atoms with van der Waals surface area (Å²) >= 11 is 0. The molecule has 0 spiro atoms. The van der Waals surface area contributed by atoms with Crippen molar-refractivity contribution in [2.75, 3.05) is 25.6 Å². The monoisotopic (exact) mass is 403 g/mol. The van der Waals surface area contributed by atoms with E-state index in [9.17, 15) is 9.50 Å². The van der Waals surface area contributed by atoms with E-state index in [1.165, 1.54) is 32.6 Å². The number of aliphatic hydroxyl groups is 1. The normalized spacial score (nSPS) is 18.0. The highest BCUT2D eigenvalue weighted by Crippen LogP contribution is 2.32. The predicted molar refractivity (Wildman–Crippen MR) is 106 cm³/mol. The first-order chi connectivity index (χ1) is 14.1. The van der Waals surface area contributed by atoms with Gasteiger partial charge in [0.15, 0.2) is 5.82 Å². The van der Waals surface area contributed by atoms with E-state index in [0.717, 1.165) is 18.4 Å². The van der Waals surface area contributed by atoms with Gasteiger partial charge in [-0.05, 0) is 24.5 Å². The quantitative estimate of drug-likeness (QED) is 0.741. The van der Waals surface area contributed by atoms with Crippen molar-refractivity contribution in [3.05, 3.63) is 41.8 Å². The van der Waals surface area contributed by atoms with E-state index in [-0.39, 0.29) is 18.9 Å². The van der Waals surface area contributed by atoms with Gasteiger partial charge in [-0.1, -0.05) is 37.5 Å². The number of ether oxygens (including phenoxy) is 2. The first kappa shape index (κ1) is 21.1. The summed E-state index contributed by atoms with van der Waals surface area (Å²) in [6.45, 7) is 0.897. The second-order valence-corrected chi connectivity index (χ2v) is 7.31. The summed E-state index contributed by atoms with van der Waals surface area (Å²) in [4.78, 5) is 17.4. The zero-order chi connectivity index (χ0) is 20.7. The summed E-state index contributed by atoms with van der Waals surface area (Å²) in [6.07, 6.45) is 7.08. The topological polar surface area (TPSA) is 93.6 Å². The minimum atomic E-state index is -0.983. The molecule has 4 rings (SSSR count). The fourth-order valence-corrected chi connectivity index (χ4v) is 3.49. The first-order valence-corrected chi connectivity index (χ1v) is 9.72. The molecule has 1 aromatic carbocycles. The molecule has 1 aliphatic carbocycles. The van der Waals surface area contributed by atoms with Gasteiger partial charge in [0.05, 0.1) is 26.5 Å². The van der Waals surface area contributed by atoms with Crippen molar-refractivity contribution in [3.8, 4) is 11.3 Å². The van der Waals surface area contributed by atoms with Crippen molar-refractivity contribution < 1.29 is 23.8 Å². The highest BCUT2D eigenvalue weighted by Gasteiger charge is 2.38. The molecule has 0 atom stereocenters. The van der Waals surface area contributed by atoms with Gasteiger partial charge in [-0.25, -0.2) is 14.4 Å². The predicted octanol–water partition coefficient (Wildman–Crippen LogP) is 3.03. The van der Waals surface area contributed by atoms with Crippen LogP contribution in [0.15, 0.2) is 30.5 Å². The first-order valence-electron chi connectivity index (χ1n) is 9.72. The molecule has 156 valence electrons. The minimum Gasteiger partial charge on any atom is -0.471 e. The van der Waals surface area contributed by atoms with E-state index in [4.69, 9.17) is 9.53 Å². The van der Waals surface area contributed by atoms with E-state index in [1.807, 2.05) is 6.07 Å². The minimum absolute atomic E-state index is 0.249. The number of anilines is 1. The van der Waals surface area contributed by atoms with Crippen molar-refractivity contribution in [3.63, 3.8) is 0 Å². The molecular formula is C21H26FN3O4. The van der Waals surface area contributed by atoms with Crippen molar-refractivity contribution in [1.82, 2.24) is 9.97 Å². The zero-order valence-corrected chi connectivity index (χ0v) is 16.4. The number of carbonyl (C=O) groups is 1. The Morgan fingerprint density at radius 3 is 2.66 bits per heavy atom. The number of nitrogens with one attached hydrogen (secondary N) is 1. The number of hydrogen-bond donors (Lipinski definition) is 2. The fourth-order valence-electron chi connectivity index (χ4n) is 3.49. The highest BCUT2D eigenvalue weighted by molar-refractivity contribution is 5.62. The van der Waals surface area contributed by atoms with E-state index >= 15 is 0 Å². The summed E-state index contributed by atoms with van der Waals surface area (Å²) in [5.74, 6) is -0.0115. The van der Waals surface area contributed by atoms with Crippen LogP contribution in [0.1, 0.15) is 37.7 Å². The van der Waals surface area contributed by atoms with Crippen LogP contribution in [0, 0.1) is 5.82 Å². The molecule has 1 saturated heterocycles. The third-order valence-electron chi connectivity index (χ3n) is 5.13. The van der Waals surface area contributed by atoms with Crippen LogP contribution in [0.25, 0.3) is 11.3 Å². The largest absolute Gasteiger partial charge is 0.471 e. The van der Waals surface area contributed by atoms with Crippen LogP contribution in [0.5, 0.6) is 0 Å². The molecular weight excluding hydrogens is 377 g/mol. The standard InChI is InChI=1S/C19H22FN3O2.C2H4O2/c20-16-10-21-18(22-15-7-2-1-3-8-15)23-17(16)13-5-4-6-14(9-13)19(24)11-25-12-19;1-4-2-3/h4-6,9-10,15,24H,1-3,7-8,11-12H2,(H,21,22,23);2H,1H3. The number of nitrogens with zero attached hydrogens (tertiary/aromatic N) is 2. The summed E-state index contributed by atoms with van der Waals surface area (Å²) in [5, 5.41) is 13.8. The molecule has 0 unspecified atom stereocenters. The molecule has 2 aliphatic rings. The van der Waals surface area contributed by atoms with Crippen LogP contribution in [0.3, 0.4) is 0 Å². The third-order valence-corrected chi connectivity index (χ3v) is 5.13. The van der Waals surface area contributed by atoms with Crippen LogP contribution in [0.4, 0.5) is 10.3 Å². The molecule has 2 fully saturated rings. The lowest BCUT2D eigenvalue weighted by Crippen LogP contribution is -2.46. The van der Waals surface area contributed by atoms with Gasteiger partial charge in [0.1, 0.15) is 11.3 Å². The number of aromatic nitrogens is 2. The molecule has 29 heavy (non-hydrogen) atoms. The fraction of sp³-hybridized carbons (Fsp3) is 0.476. The van der Waals surface area contributed by atoms with Crippen LogP contribution in [0.2, 0.25) is 0 Å². The zero-order valence-electron chi connectivity index (χ0n) is 16.4. The summed E-state index contributed by atoms with van der Waals surface area (Å²) in [7, 11) is 1.31. The van der Waals surface area contributed by atoms with Gasteiger partial charge >= 0.3 is 0 Å². The molecule has 1 aromatic heterocycles. The van der Waals surface area contributed by atoms with Gasteiger partial charge < -0.3 is 19.9 Å². The second kappa shape index (κ2) is 9.76. The van der Waals surface area contributed by atoms with Gasteiger partial charge in [0, 0.05) is 11.6 Å². The van der Waals surface area contributed by atoms with Crippen LogP contribution >= 0.6 is 0 Å². The molecule has 2 N–H and O–H groups in total. The molecule has 1 saturated carbocycles. The summed E-state index contributed by atoms with van der Waals surface area (Å²) < 4.78 is 23.3. The third kappa shape index (κ3) is 5.27. The molecule has 2 heterocycles. The lowest BCUT2D eigenvalue weighted by molar-refractivity contribution is -0.184. The maximum atomic E-state index is 14.3. The number of carbonyl (C=O) groups excluding carboxylic acids is 1. The molecule has 0 amide bonds. The Kier molecular flexibility index (Phi) is 7.11. The van der Waals surface area contributed by atoms with E-state index in [2.05, 4.69) is 20.0 Å². The maximum Gasteiger partial charge on any atom is 0.292 e. The molecule has 8 heteroatoms. The number of benzene rings is 1. The van der Waals surface area contributed by atoms with Crippen LogP contribution in [-0.4, -0.2) is 47.9 Å². The Bertz CT molecular complexity index is 823. The Morgan fingerprint density at radius 1 is 1.31 bits per heavy atom. The number of halogens is 1. The second-order valence-electron chi connectivity index (χ2n) is 7.31. The van der Waals surface area contributed by atoms with Crippen molar-refractivity contribution >= 4 is 12.4 Å². The molecule has 0 radical (unpaired) electrons. The van der Waals surface area contributed by atoms with Crippen LogP contribution in [-0.2, 0) is 19.9 Å². The number of methoxy groups -OCH3 is 1. The molecule has 7 nitrogen and oxygen atoms in total. The lowest BCUT2D eigenvalue weighted by Gasteiger charge is -2.36. The molecule has 0 bridgehead atoms. The average molecular weight is 403 g/mol. The van der Waals surface area contributed by atoms with Gasteiger partial charge in [-0.3, -0.25) is 4.79 Å². The van der Waals surface area contributed by atoms with Crippen molar-refractivity contribution in [2.45, 2.75) is 43.7 Å². The number of rotatable bonds is 5. The van der Waals surface area contributed by atoms with Gasteiger partial charge in [0.2, 0.25) is 5.95 Å². The van der Waals surface area contributed by atoms with Gasteiger partial charge in [0.25, 0.3) is 6.47 Å². The Labute approximate surface area is 169 Å². The Hall–Kier alpha value is -2.58. The van der Waals surface area contributed by atoms with Crippen molar-refractivity contribution in [1.29, 1.82) is 0 Å². The average Bonchev–Trinajstić information content (AvgIpc) is 2.74. The summed E-state index contributed by atoms with van der Waals surface area (Å²) in [6, 6.07) is 7.55. The van der Waals surface area contributed by atoms with E-state index in [0.29, 0.717) is 24.0 Å². The van der Waals surface area contributed by atoms with Crippen molar-refractivity contribution in [2.24, 2.45) is 0 Å². The Morgan fingerprint density at radius 2 is 2.03 bits per heavy atom. The SMILES string of the molecule is COC=O.OC1(c2cccc(-c3nc(NC4CCCCC4)ncc3F)c2)COC1. The smallest absolute Gasteiger partial charge is 0.292 e. The van der Waals surface area contributed by atoms with Gasteiger partial charge in [-0.2, -0.15) is 0 Å². The van der Waals surface area contributed by atoms with Crippen LogP contribution < -0.4 is 5.32 Å². The van der Waals surface area contributed by atoms with E-state index in [1.54, 1.807) is 18.2 Å².